The first-order chi connectivity index (χ1) is 22.5. The molecule has 0 aliphatic heterocycles. The van der Waals surface area contributed by atoms with Crippen LogP contribution < -0.4 is 10.6 Å². The third-order valence-electron chi connectivity index (χ3n) is 8.20. The highest BCUT2D eigenvalue weighted by Gasteiger charge is 2.37. The van der Waals surface area contributed by atoms with Crippen molar-refractivity contribution in [3.05, 3.63) is 113 Å². The zero-order valence-corrected chi connectivity index (χ0v) is 28.6. The van der Waals surface area contributed by atoms with E-state index in [1.165, 1.54) is 0 Å². The highest BCUT2D eigenvalue weighted by atomic mass is 16.6. The number of hydrogen-bond acceptors (Lipinski definition) is 4. The van der Waals surface area contributed by atoms with Gasteiger partial charge in [-0.05, 0) is 86.2 Å². The van der Waals surface area contributed by atoms with Crippen molar-refractivity contribution in [2.45, 2.75) is 91.3 Å². The molecule has 0 heterocycles. The van der Waals surface area contributed by atoms with E-state index in [1.54, 1.807) is 25.7 Å². The first-order valence-corrected chi connectivity index (χ1v) is 16.7. The van der Waals surface area contributed by atoms with Crippen LogP contribution >= 0.6 is 0 Å². The Labute approximate surface area is 279 Å². The lowest BCUT2D eigenvalue weighted by Crippen LogP contribution is -2.53. The summed E-state index contributed by atoms with van der Waals surface area (Å²) in [5, 5.41) is 8.08. The van der Waals surface area contributed by atoms with Crippen molar-refractivity contribution in [2.24, 2.45) is 0 Å². The van der Waals surface area contributed by atoms with Gasteiger partial charge in [-0.25, -0.2) is 4.79 Å². The standard InChI is InChI=1S/C40H49N3O4/c1-7-8-9-15-25-43(38(45)34(26-30-19-11-10-12-20-30)42-39(46)47-40(4,5)6)36(35-28(2)17-16-18-29(35)3)37(44)41-33-24-23-31-21-13-14-22-32(31)27-33/h10-14,16-24,27,34,36H,7-9,15,25-26H2,1-6H3,(H,41,44)(H,42,46). The van der Waals surface area contributed by atoms with Gasteiger partial charge in [-0.1, -0.05) is 105 Å². The maximum absolute atomic E-state index is 14.9. The lowest BCUT2D eigenvalue weighted by Gasteiger charge is -2.36. The Hall–Kier alpha value is -4.65. The zero-order chi connectivity index (χ0) is 34.0. The van der Waals surface area contributed by atoms with Crippen molar-refractivity contribution in [1.29, 1.82) is 0 Å². The summed E-state index contributed by atoms with van der Waals surface area (Å²) >= 11 is 0. The molecule has 0 aliphatic carbocycles. The number of carbonyl (C=O) groups excluding carboxylic acids is 3. The number of rotatable bonds is 13. The lowest BCUT2D eigenvalue weighted by molar-refractivity contribution is -0.141. The van der Waals surface area contributed by atoms with Crippen molar-refractivity contribution in [3.63, 3.8) is 0 Å². The first-order valence-electron chi connectivity index (χ1n) is 16.7. The summed E-state index contributed by atoms with van der Waals surface area (Å²) in [5.74, 6) is -0.644. The van der Waals surface area contributed by atoms with Gasteiger partial charge in [0.05, 0.1) is 0 Å². The van der Waals surface area contributed by atoms with Crippen LogP contribution in [0.3, 0.4) is 0 Å². The van der Waals surface area contributed by atoms with E-state index in [1.807, 2.05) is 105 Å². The van der Waals surface area contributed by atoms with Gasteiger partial charge in [0, 0.05) is 18.7 Å². The molecule has 2 N–H and O–H groups in total. The van der Waals surface area contributed by atoms with Crippen LogP contribution in [-0.4, -0.2) is 41.0 Å². The molecule has 0 saturated carbocycles. The Morgan fingerprint density at radius 3 is 2.11 bits per heavy atom. The van der Waals surface area contributed by atoms with Crippen LogP contribution in [0.1, 0.15) is 81.7 Å². The number of ether oxygens (including phenoxy) is 1. The average molecular weight is 636 g/mol. The van der Waals surface area contributed by atoms with Crippen LogP contribution in [0.15, 0.2) is 91.0 Å². The van der Waals surface area contributed by atoms with Crippen LogP contribution in [0.5, 0.6) is 0 Å². The predicted molar refractivity (Wildman–Crippen MR) is 190 cm³/mol. The van der Waals surface area contributed by atoms with Crippen LogP contribution in [0.2, 0.25) is 0 Å². The van der Waals surface area contributed by atoms with Gasteiger partial charge in [0.1, 0.15) is 17.7 Å². The fourth-order valence-electron chi connectivity index (χ4n) is 5.94. The molecule has 0 radical (unpaired) electrons. The Morgan fingerprint density at radius 1 is 0.787 bits per heavy atom. The minimum atomic E-state index is -0.960. The Balaban J connectivity index is 1.79. The monoisotopic (exact) mass is 635 g/mol. The van der Waals surface area contributed by atoms with Gasteiger partial charge in [-0.3, -0.25) is 9.59 Å². The van der Waals surface area contributed by atoms with E-state index >= 15 is 0 Å². The van der Waals surface area contributed by atoms with Gasteiger partial charge in [0.2, 0.25) is 5.91 Å². The fraction of sp³-hybridized carbons (Fsp3) is 0.375. The van der Waals surface area contributed by atoms with Gasteiger partial charge in [0.15, 0.2) is 0 Å². The quantitative estimate of drug-likeness (QED) is 0.144. The molecule has 0 fully saturated rings. The molecule has 0 saturated heterocycles. The number of carbonyl (C=O) groups is 3. The second-order valence-corrected chi connectivity index (χ2v) is 13.2. The second kappa shape index (κ2) is 16.3. The molecule has 2 atom stereocenters. The van der Waals surface area contributed by atoms with Gasteiger partial charge in [-0.2, -0.15) is 0 Å². The molecule has 7 heteroatoms. The average Bonchev–Trinajstić information content (AvgIpc) is 3.02. The summed E-state index contributed by atoms with van der Waals surface area (Å²) in [7, 11) is 0. The van der Waals surface area contributed by atoms with E-state index in [4.69, 9.17) is 4.74 Å². The van der Waals surface area contributed by atoms with Gasteiger partial charge in [-0.15, -0.1) is 0 Å². The minimum absolute atomic E-state index is 0.246. The third kappa shape index (κ3) is 9.92. The molecule has 0 aliphatic rings. The zero-order valence-electron chi connectivity index (χ0n) is 28.6. The van der Waals surface area contributed by atoms with Crippen molar-refractivity contribution in [2.75, 3.05) is 11.9 Å². The number of nitrogens with one attached hydrogen (secondary N) is 2. The maximum atomic E-state index is 14.9. The Morgan fingerprint density at radius 2 is 1.45 bits per heavy atom. The number of alkyl carbamates (subject to hydrolysis) is 1. The first kappa shape index (κ1) is 35.2. The molecule has 4 aromatic rings. The maximum Gasteiger partial charge on any atom is 0.408 e. The summed E-state index contributed by atoms with van der Waals surface area (Å²) in [5.41, 5.74) is 3.40. The molecule has 4 aromatic carbocycles. The molecule has 4 rings (SSSR count). The molecule has 0 spiro atoms. The van der Waals surface area contributed by atoms with Gasteiger partial charge in [0.25, 0.3) is 5.91 Å². The number of benzene rings is 4. The molecule has 2 unspecified atom stereocenters. The van der Waals surface area contributed by atoms with E-state index in [2.05, 4.69) is 17.6 Å². The fourth-order valence-corrected chi connectivity index (χ4v) is 5.94. The van der Waals surface area contributed by atoms with Crippen LogP contribution in [0, 0.1) is 13.8 Å². The molecular weight excluding hydrogens is 586 g/mol. The minimum Gasteiger partial charge on any atom is -0.444 e. The molecule has 7 nitrogen and oxygen atoms in total. The highest BCUT2D eigenvalue weighted by Crippen LogP contribution is 2.31. The number of unbranched alkanes of at least 4 members (excludes halogenated alkanes) is 3. The van der Waals surface area contributed by atoms with Crippen molar-refractivity contribution >= 4 is 34.4 Å². The molecule has 3 amide bonds. The van der Waals surface area contributed by atoms with Crippen molar-refractivity contribution in [1.82, 2.24) is 10.2 Å². The van der Waals surface area contributed by atoms with Gasteiger partial charge >= 0.3 is 6.09 Å². The summed E-state index contributed by atoms with van der Waals surface area (Å²) in [4.78, 5) is 44.2. The van der Waals surface area contributed by atoms with E-state index in [9.17, 15) is 14.4 Å². The van der Waals surface area contributed by atoms with Crippen LogP contribution in [0.4, 0.5) is 10.5 Å². The van der Waals surface area contributed by atoms with Crippen LogP contribution in [0.25, 0.3) is 10.8 Å². The Kier molecular flexibility index (Phi) is 12.2. The van der Waals surface area contributed by atoms with Crippen molar-refractivity contribution < 1.29 is 19.1 Å². The lowest BCUT2D eigenvalue weighted by atomic mass is 9.92. The molecule has 0 aromatic heterocycles. The Bertz CT molecular complexity index is 1640. The topological polar surface area (TPSA) is 87.7 Å². The van der Waals surface area contributed by atoms with E-state index in [-0.39, 0.29) is 18.2 Å². The van der Waals surface area contributed by atoms with E-state index in [0.717, 1.165) is 58.7 Å². The largest absolute Gasteiger partial charge is 0.444 e. The van der Waals surface area contributed by atoms with Gasteiger partial charge < -0.3 is 20.3 Å². The van der Waals surface area contributed by atoms with Crippen LogP contribution in [-0.2, 0) is 20.7 Å². The molecule has 248 valence electrons. The summed E-state index contributed by atoms with van der Waals surface area (Å²) in [6.07, 6.45) is 3.25. The molecule has 47 heavy (non-hydrogen) atoms. The number of anilines is 1. The number of fused-ring (bicyclic) bond motifs is 1. The third-order valence-corrected chi connectivity index (χ3v) is 8.20. The predicted octanol–water partition coefficient (Wildman–Crippen LogP) is 8.68. The summed E-state index contributed by atoms with van der Waals surface area (Å²) in [6, 6.07) is 27.4. The normalized spacial score (nSPS) is 12.6. The number of nitrogens with zero attached hydrogens (tertiary/aromatic N) is 1. The highest BCUT2D eigenvalue weighted by molar-refractivity contribution is 6.00. The molecule has 0 bridgehead atoms. The number of aryl methyl sites for hydroxylation is 2. The smallest absolute Gasteiger partial charge is 0.408 e. The van der Waals surface area contributed by atoms with E-state index in [0.29, 0.717) is 12.2 Å². The van der Waals surface area contributed by atoms with Crippen molar-refractivity contribution in [3.8, 4) is 0 Å². The SMILES string of the molecule is CCCCCCN(C(=O)C(Cc1ccccc1)NC(=O)OC(C)(C)C)C(C(=O)Nc1ccc2ccccc2c1)c1c(C)cccc1C. The number of hydrogen-bond donors (Lipinski definition) is 2. The van der Waals surface area contributed by atoms with E-state index < -0.39 is 23.8 Å². The molecular formula is C40H49N3O4. The number of amides is 3. The second-order valence-electron chi connectivity index (χ2n) is 13.2. The summed E-state index contributed by atoms with van der Waals surface area (Å²) in [6.45, 7) is 11.8. The summed E-state index contributed by atoms with van der Waals surface area (Å²) < 4.78 is 5.59.